The molecule has 2 heteroatoms. The van der Waals surface area contributed by atoms with Gasteiger partial charge < -0.3 is 4.74 Å². The fourth-order valence-corrected chi connectivity index (χ4v) is 2.22. The number of hydrogen-bond donors (Lipinski definition) is 0. The van der Waals surface area contributed by atoms with Gasteiger partial charge in [0.15, 0.2) is 0 Å². The van der Waals surface area contributed by atoms with Crippen LogP contribution in [0.3, 0.4) is 0 Å². The lowest BCUT2D eigenvalue weighted by Crippen LogP contribution is -2.11. The zero-order valence-corrected chi connectivity index (χ0v) is 8.79. The third-order valence-electron chi connectivity index (χ3n) is 3.05. The van der Waals surface area contributed by atoms with Gasteiger partial charge in [0.05, 0.1) is 12.1 Å². The van der Waals surface area contributed by atoms with Gasteiger partial charge in [0.25, 0.3) is 0 Å². The van der Waals surface area contributed by atoms with Gasteiger partial charge in [-0.1, -0.05) is 18.2 Å². The first-order chi connectivity index (χ1) is 7.36. The summed E-state index contributed by atoms with van der Waals surface area (Å²) in [5.74, 6) is 0.845. The largest absolute Gasteiger partial charge is 0.477 e. The maximum Gasteiger partial charge on any atom is 0.217 e. The molecule has 1 aliphatic rings. The Kier molecular flexibility index (Phi) is 1.88. The molecule has 1 aromatic carbocycles. The molecule has 0 fully saturated rings. The molecule has 0 bridgehead atoms. The van der Waals surface area contributed by atoms with Gasteiger partial charge in [-0.05, 0) is 31.4 Å². The summed E-state index contributed by atoms with van der Waals surface area (Å²) in [6.45, 7) is 2.97. The van der Waals surface area contributed by atoms with E-state index in [0.29, 0.717) is 0 Å². The number of rotatable bonds is 0. The summed E-state index contributed by atoms with van der Waals surface area (Å²) in [5, 5.41) is 1.25. The van der Waals surface area contributed by atoms with Gasteiger partial charge >= 0.3 is 0 Å². The molecule has 0 radical (unpaired) electrons. The summed E-state index contributed by atoms with van der Waals surface area (Å²) in [6, 6.07) is 8.25. The Bertz CT molecular complexity index is 519. The predicted molar refractivity (Wildman–Crippen MR) is 60.3 cm³/mol. The lowest BCUT2D eigenvalue weighted by molar-refractivity contribution is 0.277. The Hall–Kier alpha value is -1.57. The number of aryl methyl sites for hydroxylation is 1. The van der Waals surface area contributed by atoms with Crippen LogP contribution in [0.5, 0.6) is 5.88 Å². The summed E-state index contributed by atoms with van der Waals surface area (Å²) in [5.41, 5.74) is 3.66. The van der Waals surface area contributed by atoms with E-state index in [4.69, 9.17) is 4.74 Å². The third kappa shape index (κ3) is 1.29. The maximum atomic E-state index is 5.60. The highest BCUT2D eigenvalue weighted by Crippen LogP contribution is 2.30. The number of hydrogen-bond acceptors (Lipinski definition) is 2. The molecule has 15 heavy (non-hydrogen) atoms. The molecule has 0 amide bonds. The van der Waals surface area contributed by atoms with E-state index in [2.05, 4.69) is 24.0 Å². The first-order valence-electron chi connectivity index (χ1n) is 5.37. The van der Waals surface area contributed by atoms with Gasteiger partial charge in [0.1, 0.15) is 0 Å². The van der Waals surface area contributed by atoms with Crippen molar-refractivity contribution >= 4 is 10.9 Å². The number of fused-ring (bicyclic) bond motifs is 2. The Morgan fingerprint density at radius 2 is 2.13 bits per heavy atom. The average Bonchev–Trinajstić information content (AvgIpc) is 2.30. The van der Waals surface area contributed by atoms with E-state index in [1.54, 1.807) is 0 Å². The van der Waals surface area contributed by atoms with Crippen molar-refractivity contribution in [3.63, 3.8) is 0 Å². The number of nitrogens with zero attached hydrogens (tertiary/aromatic N) is 1. The molecule has 1 aliphatic heterocycles. The molecule has 0 saturated heterocycles. The summed E-state index contributed by atoms with van der Waals surface area (Å²) in [4.78, 5) is 4.55. The molecule has 76 valence electrons. The van der Waals surface area contributed by atoms with Crippen LogP contribution in [0.15, 0.2) is 24.3 Å². The topological polar surface area (TPSA) is 22.1 Å². The van der Waals surface area contributed by atoms with Gasteiger partial charge in [-0.15, -0.1) is 0 Å². The number of benzene rings is 1. The highest BCUT2D eigenvalue weighted by Gasteiger charge is 2.16. The quantitative estimate of drug-likeness (QED) is 0.651. The van der Waals surface area contributed by atoms with Crippen LogP contribution in [0.4, 0.5) is 0 Å². The molecule has 0 spiro atoms. The molecule has 2 nitrogen and oxygen atoms in total. The van der Waals surface area contributed by atoms with E-state index in [1.807, 2.05) is 12.1 Å². The molecule has 0 atom stereocenters. The van der Waals surface area contributed by atoms with Crippen LogP contribution >= 0.6 is 0 Å². The minimum absolute atomic E-state index is 0.803. The lowest BCUT2D eigenvalue weighted by atomic mass is 10.00. The SMILES string of the molecule is Cc1c2c(nc3ccccc13)OCCC2. The van der Waals surface area contributed by atoms with E-state index in [1.165, 1.54) is 16.5 Å². The molecule has 3 rings (SSSR count). The smallest absolute Gasteiger partial charge is 0.217 e. The van der Waals surface area contributed by atoms with Crippen molar-refractivity contribution in [3.8, 4) is 5.88 Å². The lowest BCUT2D eigenvalue weighted by Gasteiger charge is -2.19. The minimum Gasteiger partial charge on any atom is -0.477 e. The highest BCUT2D eigenvalue weighted by atomic mass is 16.5. The highest BCUT2D eigenvalue weighted by molar-refractivity contribution is 5.84. The number of pyridine rings is 1. The predicted octanol–water partition coefficient (Wildman–Crippen LogP) is 2.87. The van der Waals surface area contributed by atoms with E-state index in [-0.39, 0.29) is 0 Å². The van der Waals surface area contributed by atoms with Crippen molar-refractivity contribution < 1.29 is 4.74 Å². The van der Waals surface area contributed by atoms with E-state index < -0.39 is 0 Å². The van der Waals surface area contributed by atoms with Gasteiger partial charge in [-0.25, -0.2) is 4.98 Å². The molecule has 0 unspecified atom stereocenters. The van der Waals surface area contributed by atoms with Crippen LogP contribution in [0, 0.1) is 6.92 Å². The van der Waals surface area contributed by atoms with Gasteiger partial charge in [-0.3, -0.25) is 0 Å². The molecule has 0 saturated carbocycles. The Morgan fingerprint density at radius 1 is 1.27 bits per heavy atom. The van der Waals surface area contributed by atoms with Crippen molar-refractivity contribution in [3.05, 3.63) is 35.4 Å². The van der Waals surface area contributed by atoms with Gasteiger partial charge in [0.2, 0.25) is 5.88 Å². The van der Waals surface area contributed by atoms with Crippen LogP contribution in [-0.2, 0) is 6.42 Å². The van der Waals surface area contributed by atoms with Crippen molar-refractivity contribution in [2.75, 3.05) is 6.61 Å². The third-order valence-corrected chi connectivity index (χ3v) is 3.05. The van der Waals surface area contributed by atoms with Crippen LogP contribution in [0.2, 0.25) is 0 Å². The molecule has 0 N–H and O–H groups in total. The zero-order valence-electron chi connectivity index (χ0n) is 8.79. The normalized spacial score (nSPS) is 14.7. The number of para-hydroxylation sites is 1. The summed E-state index contributed by atoms with van der Waals surface area (Å²) in [6.07, 6.45) is 2.20. The second-order valence-corrected chi connectivity index (χ2v) is 3.99. The molecular weight excluding hydrogens is 186 g/mol. The maximum absolute atomic E-state index is 5.60. The van der Waals surface area contributed by atoms with Crippen LogP contribution < -0.4 is 4.74 Å². The van der Waals surface area contributed by atoms with Crippen LogP contribution in [0.1, 0.15) is 17.5 Å². The first kappa shape index (κ1) is 8.72. The summed E-state index contributed by atoms with van der Waals surface area (Å²) < 4.78 is 5.60. The first-order valence-corrected chi connectivity index (χ1v) is 5.37. The number of ether oxygens (including phenoxy) is 1. The second-order valence-electron chi connectivity index (χ2n) is 3.99. The van der Waals surface area contributed by atoms with Gasteiger partial charge in [0, 0.05) is 10.9 Å². The van der Waals surface area contributed by atoms with E-state index in [0.717, 1.165) is 30.8 Å². The Morgan fingerprint density at radius 3 is 3.07 bits per heavy atom. The van der Waals surface area contributed by atoms with Crippen molar-refractivity contribution in [1.29, 1.82) is 0 Å². The van der Waals surface area contributed by atoms with Crippen molar-refractivity contribution in [1.82, 2.24) is 4.98 Å². The summed E-state index contributed by atoms with van der Waals surface area (Å²) in [7, 11) is 0. The monoisotopic (exact) mass is 199 g/mol. The standard InChI is InChI=1S/C13H13NO/c1-9-10-5-2-3-7-12(10)14-13-11(9)6-4-8-15-13/h2-3,5,7H,4,6,8H2,1H3. The molecule has 0 aliphatic carbocycles. The Balaban J connectivity index is 2.36. The summed E-state index contributed by atoms with van der Waals surface area (Å²) >= 11 is 0. The molecule has 2 heterocycles. The Labute approximate surface area is 88.9 Å². The van der Waals surface area contributed by atoms with E-state index in [9.17, 15) is 0 Å². The molecule has 1 aromatic heterocycles. The minimum atomic E-state index is 0.803. The van der Waals surface area contributed by atoms with Crippen molar-refractivity contribution in [2.45, 2.75) is 19.8 Å². The fourth-order valence-electron chi connectivity index (χ4n) is 2.22. The molecule has 2 aromatic rings. The van der Waals surface area contributed by atoms with E-state index >= 15 is 0 Å². The van der Waals surface area contributed by atoms with Gasteiger partial charge in [-0.2, -0.15) is 0 Å². The second kappa shape index (κ2) is 3.23. The van der Waals surface area contributed by atoms with Crippen molar-refractivity contribution in [2.24, 2.45) is 0 Å². The van der Waals surface area contributed by atoms with Crippen LogP contribution in [0.25, 0.3) is 10.9 Å². The van der Waals surface area contributed by atoms with Crippen LogP contribution in [-0.4, -0.2) is 11.6 Å². The fraction of sp³-hybridized carbons (Fsp3) is 0.308. The number of aromatic nitrogens is 1. The zero-order chi connectivity index (χ0) is 10.3. The molecular formula is C13H13NO. The average molecular weight is 199 g/mol.